The minimum absolute atomic E-state index is 0.0482. The largest absolute Gasteiger partial charge is 0.339 e. The van der Waals surface area contributed by atoms with Crippen LogP contribution in [0.5, 0.6) is 0 Å². The second-order valence-corrected chi connectivity index (χ2v) is 7.07. The van der Waals surface area contributed by atoms with Gasteiger partial charge < -0.3 is 9.42 Å². The Morgan fingerprint density at radius 1 is 1.19 bits per heavy atom. The number of amides is 1. The van der Waals surface area contributed by atoms with Crippen LogP contribution in [0.3, 0.4) is 0 Å². The van der Waals surface area contributed by atoms with E-state index in [1.165, 1.54) is 0 Å². The third-order valence-corrected chi connectivity index (χ3v) is 5.07. The highest BCUT2D eigenvalue weighted by molar-refractivity contribution is 6.31. The fraction of sp³-hybridized carbons (Fsp3) is 0.250. The average Bonchev–Trinajstić information content (AvgIpc) is 3.24. The van der Waals surface area contributed by atoms with Crippen molar-refractivity contribution in [3.05, 3.63) is 64.5 Å². The van der Waals surface area contributed by atoms with E-state index in [-0.39, 0.29) is 11.8 Å². The minimum atomic E-state index is -0.107. The zero-order chi connectivity index (χ0) is 18.3. The van der Waals surface area contributed by atoms with Crippen molar-refractivity contribution in [2.45, 2.75) is 26.2 Å². The van der Waals surface area contributed by atoms with E-state index in [1.807, 2.05) is 56.3 Å². The van der Waals surface area contributed by atoms with Gasteiger partial charge in [-0.2, -0.15) is 4.98 Å². The van der Waals surface area contributed by atoms with Gasteiger partial charge in [0.1, 0.15) is 0 Å². The molecule has 0 saturated carbocycles. The van der Waals surface area contributed by atoms with Gasteiger partial charge in [-0.1, -0.05) is 40.5 Å². The average molecular weight is 368 g/mol. The maximum absolute atomic E-state index is 12.5. The van der Waals surface area contributed by atoms with Gasteiger partial charge in [0.15, 0.2) is 0 Å². The molecule has 6 heteroatoms. The first-order valence-electron chi connectivity index (χ1n) is 8.48. The molecule has 5 nitrogen and oxygen atoms in total. The molecule has 0 bridgehead atoms. The normalized spacial score (nSPS) is 17.1. The van der Waals surface area contributed by atoms with Gasteiger partial charge in [-0.25, -0.2) is 0 Å². The number of carbonyl (C=O) groups is 1. The Bertz CT molecular complexity index is 983. The fourth-order valence-corrected chi connectivity index (χ4v) is 3.34. The summed E-state index contributed by atoms with van der Waals surface area (Å²) in [6.45, 7) is 4.47. The van der Waals surface area contributed by atoms with Gasteiger partial charge in [0, 0.05) is 29.2 Å². The van der Waals surface area contributed by atoms with Crippen molar-refractivity contribution in [2.24, 2.45) is 0 Å². The van der Waals surface area contributed by atoms with E-state index in [0.29, 0.717) is 29.7 Å². The SMILES string of the molecule is Cc1cccc(-c2noc(C3CC(=O)N(c4ccc(Cl)c(C)c4)C3)n2)c1. The van der Waals surface area contributed by atoms with Crippen LogP contribution in [-0.2, 0) is 4.79 Å². The topological polar surface area (TPSA) is 59.2 Å². The summed E-state index contributed by atoms with van der Waals surface area (Å²) >= 11 is 6.08. The van der Waals surface area contributed by atoms with Crippen molar-refractivity contribution in [3.63, 3.8) is 0 Å². The van der Waals surface area contributed by atoms with Crippen LogP contribution in [0.15, 0.2) is 47.0 Å². The molecule has 1 unspecified atom stereocenters. The van der Waals surface area contributed by atoms with Crippen molar-refractivity contribution in [1.29, 1.82) is 0 Å². The predicted octanol–water partition coefficient (Wildman–Crippen LogP) is 4.53. The molecule has 1 saturated heterocycles. The zero-order valence-corrected chi connectivity index (χ0v) is 15.3. The highest BCUT2D eigenvalue weighted by atomic mass is 35.5. The van der Waals surface area contributed by atoms with Gasteiger partial charge in [0.05, 0.1) is 5.92 Å². The molecule has 1 aliphatic rings. The molecular weight excluding hydrogens is 350 g/mol. The Labute approximate surface area is 156 Å². The van der Waals surface area contributed by atoms with Gasteiger partial charge in [0.2, 0.25) is 17.6 Å². The summed E-state index contributed by atoms with van der Waals surface area (Å²) in [7, 11) is 0. The van der Waals surface area contributed by atoms with Crippen molar-refractivity contribution in [3.8, 4) is 11.4 Å². The highest BCUT2D eigenvalue weighted by Crippen LogP contribution is 2.33. The molecule has 26 heavy (non-hydrogen) atoms. The number of halogens is 1. The second kappa shape index (κ2) is 6.57. The number of benzene rings is 2. The van der Waals surface area contributed by atoms with Crippen molar-refractivity contribution in [2.75, 3.05) is 11.4 Å². The molecule has 132 valence electrons. The summed E-state index contributed by atoms with van der Waals surface area (Å²) in [5.74, 6) is 0.997. The number of rotatable bonds is 3. The van der Waals surface area contributed by atoms with Crippen LogP contribution in [0.1, 0.15) is 29.4 Å². The predicted molar refractivity (Wildman–Crippen MR) is 100 cm³/mol. The Morgan fingerprint density at radius 3 is 2.81 bits per heavy atom. The van der Waals surface area contributed by atoms with Crippen molar-refractivity contribution < 1.29 is 9.32 Å². The minimum Gasteiger partial charge on any atom is -0.339 e. The lowest BCUT2D eigenvalue weighted by molar-refractivity contribution is -0.117. The van der Waals surface area contributed by atoms with E-state index in [1.54, 1.807) is 4.90 Å². The van der Waals surface area contributed by atoms with Crippen molar-refractivity contribution in [1.82, 2.24) is 10.1 Å². The Kier molecular flexibility index (Phi) is 4.24. The van der Waals surface area contributed by atoms with Gasteiger partial charge in [-0.05, 0) is 43.7 Å². The summed E-state index contributed by atoms with van der Waals surface area (Å²) < 4.78 is 5.46. The molecular formula is C20H18ClN3O2. The molecule has 2 heterocycles. The van der Waals surface area contributed by atoms with E-state index in [4.69, 9.17) is 16.1 Å². The number of aromatic nitrogens is 2. The summed E-state index contributed by atoms with van der Waals surface area (Å²) in [5.41, 5.74) is 3.83. The molecule has 1 aliphatic heterocycles. The number of hydrogen-bond acceptors (Lipinski definition) is 4. The molecule has 1 aromatic heterocycles. The molecule has 1 amide bonds. The van der Waals surface area contributed by atoms with Crippen LogP contribution in [0, 0.1) is 13.8 Å². The quantitative estimate of drug-likeness (QED) is 0.682. The molecule has 0 radical (unpaired) electrons. The summed E-state index contributed by atoms with van der Waals surface area (Å²) in [4.78, 5) is 18.8. The Balaban J connectivity index is 1.56. The van der Waals surface area contributed by atoms with Crippen LogP contribution < -0.4 is 4.90 Å². The Morgan fingerprint density at radius 2 is 2.04 bits per heavy atom. The molecule has 3 aromatic rings. The van der Waals surface area contributed by atoms with Gasteiger partial charge in [-0.3, -0.25) is 4.79 Å². The molecule has 0 N–H and O–H groups in total. The van der Waals surface area contributed by atoms with Crippen LogP contribution >= 0.6 is 11.6 Å². The summed E-state index contributed by atoms with van der Waals surface area (Å²) in [6, 6.07) is 13.5. The standard InChI is InChI=1S/C20H18ClN3O2/c1-12-4-3-5-14(8-12)19-22-20(26-23-19)15-10-18(25)24(11-15)16-6-7-17(21)13(2)9-16/h3-9,15H,10-11H2,1-2H3. The summed E-state index contributed by atoms with van der Waals surface area (Å²) in [6.07, 6.45) is 0.358. The van der Waals surface area contributed by atoms with Crippen LogP contribution in [0.25, 0.3) is 11.4 Å². The van der Waals surface area contributed by atoms with Crippen LogP contribution in [-0.4, -0.2) is 22.6 Å². The molecule has 1 atom stereocenters. The lowest BCUT2D eigenvalue weighted by Gasteiger charge is -2.17. The van der Waals surface area contributed by atoms with E-state index in [0.717, 1.165) is 22.4 Å². The van der Waals surface area contributed by atoms with E-state index >= 15 is 0 Å². The number of hydrogen-bond donors (Lipinski definition) is 0. The smallest absolute Gasteiger partial charge is 0.232 e. The number of aryl methyl sites for hydroxylation is 2. The lowest BCUT2D eigenvalue weighted by atomic mass is 10.1. The van der Waals surface area contributed by atoms with Crippen LogP contribution in [0.4, 0.5) is 5.69 Å². The first-order chi connectivity index (χ1) is 12.5. The van der Waals surface area contributed by atoms with E-state index in [9.17, 15) is 4.79 Å². The highest BCUT2D eigenvalue weighted by Gasteiger charge is 2.35. The molecule has 0 aliphatic carbocycles. The number of carbonyl (C=O) groups excluding carboxylic acids is 1. The first-order valence-corrected chi connectivity index (χ1v) is 8.86. The monoisotopic (exact) mass is 367 g/mol. The maximum Gasteiger partial charge on any atom is 0.232 e. The zero-order valence-electron chi connectivity index (χ0n) is 14.6. The lowest BCUT2D eigenvalue weighted by Crippen LogP contribution is -2.24. The third-order valence-electron chi connectivity index (χ3n) is 4.65. The fourth-order valence-electron chi connectivity index (χ4n) is 3.22. The number of nitrogens with zero attached hydrogens (tertiary/aromatic N) is 3. The maximum atomic E-state index is 12.5. The first kappa shape index (κ1) is 16.8. The summed E-state index contributed by atoms with van der Waals surface area (Å²) in [5, 5.41) is 4.78. The third kappa shape index (κ3) is 3.10. The van der Waals surface area contributed by atoms with Gasteiger partial charge >= 0.3 is 0 Å². The van der Waals surface area contributed by atoms with Crippen LogP contribution in [0.2, 0.25) is 5.02 Å². The Hall–Kier alpha value is -2.66. The van der Waals surface area contributed by atoms with Crippen molar-refractivity contribution >= 4 is 23.2 Å². The molecule has 1 fully saturated rings. The van der Waals surface area contributed by atoms with E-state index < -0.39 is 0 Å². The van der Waals surface area contributed by atoms with Gasteiger partial charge in [-0.15, -0.1) is 0 Å². The van der Waals surface area contributed by atoms with E-state index in [2.05, 4.69) is 10.1 Å². The van der Waals surface area contributed by atoms with Gasteiger partial charge in [0.25, 0.3) is 0 Å². The molecule has 2 aromatic carbocycles. The molecule has 0 spiro atoms. The second-order valence-electron chi connectivity index (χ2n) is 6.66. The number of anilines is 1. The molecule has 4 rings (SSSR count).